The van der Waals surface area contributed by atoms with Crippen LogP contribution in [0.15, 0.2) is 71.5 Å². The number of hydrogen-bond acceptors (Lipinski definition) is 6. The lowest BCUT2D eigenvalue weighted by atomic mass is 10.1. The second kappa shape index (κ2) is 11.0. The molecule has 0 saturated carbocycles. The molecule has 1 saturated heterocycles. The third kappa shape index (κ3) is 5.11. The second-order valence-corrected chi connectivity index (χ2v) is 8.04. The number of Topliss-reactive ketones (excluding diaryl/α,β-unsaturated/α-hetero) is 1. The van der Waals surface area contributed by atoms with E-state index in [4.69, 9.17) is 4.52 Å². The van der Waals surface area contributed by atoms with Crippen LogP contribution in [0.1, 0.15) is 31.3 Å². The topological polar surface area (TPSA) is 129 Å². The fourth-order valence-corrected chi connectivity index (χ4v) is 4.10. The molecule has 0 radical (unpaired) electrons. The zero-order valence-corrected chi connectivity index (χ0v) is 19.7. The largest absolute Gasteiger partial charge is 0.359 e. The Morgan fingerprint density at radius 3 is 2.27 bits per heavy atom. The Bertz CT molecular complexity index is 1450. The lowest BCUT2D eigenvalue weighted by Gasteiger charge is -2.34. The smallest absolute Gasteiger partial charge is 0.295 e. The quantitative estimate of drug-likeness (QED) is 0.248. The molecule has 2 aromatic heterocycles. The van der Waals surface area contributed by atoms with Gasteiger partial charge in [-0.3, -0.25) is 19.2 Å². The number of carbonyl (C=O) groups excluding carboxylic acids is 4. The Morgan fingerprint density at radius 2 is 1.59 bits per heavy atom. The average molecular weight is 498 g/mol. The van der Waals surface area contributed by atoms with Crippen LogP contribution in [0.2, 0.25) is 0 Å². The van der Waals surface area contributed by atoms with E-state index in [1.807, 2.05) is 6.07 Å². The first-order valence-electron chi connectivity index (χ1n) is 11.4. The monoisotopic (exact) mass is 497 g/mol. The lowest BCUT2D eigenvalue weighted by Crippen LogP contribution is -2.52. The van der Waals surface area contributed by atoms with Gasteiger partial charge in [-0.15, -0.1) is 12.8 Å². The number of nitrogens with zero attached hydrogens (tertiary/aromatic N) is 3. The van der Waals surface area contributed by atoms with E-state index in [9.17, 15) is 19.2 Å². The summed E-state index contributed by atoms with van der Waals surface area (Å²) in [6.45, 7) is 1.23. The number of aromatic amines is 1. The number of amides is 3. The van der Waals surface area contributed by atoms with Crippen LogP contribution in [0, 0.1) is 12.8 Å². The fourth-order valence-electron chi connectivity index (χ4n) is 4.10. The Kier molecular flexibility index (Phi) is 7.45. The van der Waals surface area contributed by atoms with E-state index in [-0.39, 0.29) is 30.3 Å². The van der Waals surface area contributed by atoms with E-state index in [1.54, 1.807) is 47.4 Å². The Labute approximate surface area is 212 Å². The summed E-state index contributed by atoms with van der Waals surface area (Å²) >= 11 is 0. The van der Waals surface area contributed by atoms with E-state index < -0.39 is 17.6 Å². The predicted molar refractivity (Wildman–Crippen MR) is 136 cm³/mol. The number of piperazine rings is 1. The van der Waals surface area contributed by atoms with E-state index in [0.717, 1.165) is 0 Å². The molecule has 186 valence electrons. The van der Waals surface area contributed by atoms with Gasteiger partial charge in [-0.2, -0.15) is 0 Å². The summed E-state index contributed by atoms with van der Waals surface area (Å²) in [5, 5.41) is 6.74. The normalized spacial score (nSPS) is 12.9. The van der Waals surface area contributed by atoms with Gasteiger partial charge >= 0.3 is 0 Å². The number of benzene rings is 2. The highest BCUT2D eigenvalue weighted by Gasteiger charge is 2.30. The molecule has 4 aromatic rings. The summed E-state index contributed by atoms with van der Waals surface area (Å²) in [7, 11) is 0. The Balaban J connectivity index is 0.00000156. The number of nitrogens with one attached hydrogen (secondary N) is 2. The van der Waals surface area contributed by atoms with Crippen molar-refractivity contribution in [2.45, 2.75) is 0 Å². The number of para-hydroxylation sites is 1. The van der Waals surface area contributed by atoms with Crippen molar-refractivity contribution in [3.8, 4) is 12.8 Å². The molecule has 2 aromatic carbocycles. The second-order valence-electron chi connectivity index (χ2n) is 8.04. The zero-order chi connectivity index (χ0) is 26.4. The van der Waals surface area contributed by atoms with E-state index in [0.29, 0.717) is 35.2 Å². The van der Waals surface area contributed by atoms with Gasteiger partial charge in [0.1, 0.15) is 0 Å². The third-order valence-corrected chi connectivity index (χ3v) is 5.94. The molecular weight excluding hydrogens is 474 g/mol. The predicted octanol–water partition coefficient (Wildman–Crippen LogP) is 2.82. The van der Waals surface area contributed by atoms with Gasteiger partial charge in [0.2, 0.25) is 5.76 Å². The summed E-state index contributed by atoms with van der Waals surface area (Å²) in [6, 6.07) is 15.4. The first-order valence-corrected chi connectivity index (χ1v) is 11.4. The van der Waals surface area contributed by atoms with Crippen LogP contribution in [-0.2, 0) is 4.79 Å². The minimum absolute atomic E-state index is 0.0462. The molecule has 0 unspecified atom stereocenters. The van der Waals surface area contributed by atoms with Gasteiger partial charge in [0.05, 0.1) is 23.0 Å². The van der Waals surface area contributed by atoms with Crippen molar-refractivity contribution in [1.29, 1.82) is 0 Å². The molecule has 5 rings (SSSR count). The van der Waals surface area contributed by atoms with Gasteiger partial charge in [-0.05, 0) is 18.2 Å². The molecule has 0 atom stereocenters. The SMILES string of the molecule is C#C.O=C(Nc1cccc2c(C(=O)C(=O)N3CCN(C(=O)c4ccccc4)CC3)c[nH]c12)c1ccno1. The maximum absolute atomic E-state index is 13.1. The van der Waals surface area contributed by atoms with Crippen LogP contribution in [0.4, 0.5) is 5.69 Å². The summed E-state index contributed by atoms with van der Waals surface area (Å²) < 4.78 is 4.87. The van der Waals surface area contributed by atoms with Crippen molar-refractivity contribution in [3.63, 3.8) is 0 Å². The van der Waals surface area contributed by atoms with Crippen molar-refractivity contribution in [2.75, 3.05) is 31.5 Å². The molecule has 0 bridgehead atoms. The van der Waals surface area contributed by atoms with Gasteiger partial charge < -0.3 is 24.6 Å². The number of aromatic nitrogens is 2. The van der Waals surface area contributed by atoms with Crippen LogP contribution in [0.5, 0.6) is 0 Å². The molecule has 0 spiro atoms. The van der Waals surface area contributed by atoms with Gasteiger partial charge in [-0.25, -0.2) is 0 Å². The molecule has 3 amide bonds. The number of terminal acetylenes is 1. The number of anilines is 1. The number of fused-ring (bicyclic) bond motifs is 1. The summed E-state index contributed by atoms with van der Waals surface area (Å²) in [4.78, 5) is 57.1. The summed E-state index contributed by atoms with van der Waals surface area (Å²) in [5.41, 5.74) is 1.75. The highest BCUT2D eigenvalue weighted by Crippen LogP contribution is 2.27. The maximum atomic E-state index is 13.1. The molecule has 10 heteroatoms. The van der Waals surface area contributed by atoms with Crippen molar-refractivity contribution >= 4 is 40.1 Å². The maximum Gasteiger partial charge on any atom is 0.295 e. The summed E-state index contributed by atoms with van der Waals surface area (Å²) in [6.07, 6.45) is 10.8. The highest BCUT2D eigenvalue weighted by atomic mass is 16.5. The molecule has 1 fully saturated rings. The first-order chi connectivity index (χ1) is 18.0. The number of H-pyrrole nitrogens is 1. The minimum atomic E-state index is -0.655. The number of hydrogen-bond donors (Lipinski definition) is 2. The van der Waals surface area contributed by atoms with Gasteiger partial charge in [0.25, 0.3) is 23.5 Å². The average Bonchev–Trinajstić information content (AvgIpc) is 3.65. The van der Waals surface area contributed by atoms with E-state index in [1.165, 1.54) is 23.4 Å². The van der Waals surface area contributed by atoms with E-state index >= 15 is 0 Å². The zero-order valence-electron chi connectivity index (χ0n) is 19.7. The number of carbonyl (C=O) groups is 4. The van der Waals surface area contributed by atoms with Gasteiger partial charge in [0.15, 0.2) is 0 Å². The molecule has 1 aliphatic rings. The Morgan fingerprint density at radius 1 is 0.892 bits per heavy atom. The third-order valence-electron chi connectivity index (χ3n) is 5.94. The van der Waals surface area contributed by atoms with Gasteiger partial charge in [0, 0.05) is 49.4 Å². The van der Waals surface area contributed by atoms with E-state index in [2.05, 4.69) is 28.3 Å². The van der Waals surface area contributed by atoms with Crippen LogP contribution < -0.4 is 5.32 Å². The molecule has 1 aliphatic heterocycles. The number of rotatable bonds is 5. The fraction of sp³-hybridized carbons (Fsp3) is 0.148. The molecule has 3 heterocycles. The summed E-state index contributed by atoms with van der Waals surface area (Å²) in [5.74, 6) is -1.83. The lowest BCUT2D eigenvalue weighted by molar-refractivity contribution is -0.127. The highest BCUT2D eigenvalue weighted by molar-refractivity contribution is 6.45. The molecular formula is C27H23N5O5. The van der Waals surface area contributed by atoms with Crippen molar-refractivity contribution in [3.05, 3.63) is 83.9 Å². The molecule has 2 N–H and O–H groups in total. The van der Waals surface area contributed by atoms with Crippen molar-refractivity contribution in [2.24, 2.45) is 0 Å². The van der Waals surface area contributed by atoms with Crippen LogP contribution in [0.3, 0.4) is 0 Å². The molecule has 10 nitrogen and oxygen atoms in total. The molecule has 37 heavy (non-hydrogen) atoms. The molecule has 0 aliphatic carbocycles. The van der Waals surface area contributed by atoms with Crippen molar-refractivity contribution in [1.82, 2.24) is 19.9 Å². The minimum Gasteiger partial charge on any atom is -0.359 e. The standard InChI is InChI=1S/C25H21N5O5.C2H2/c31-22(25(34)30-13-11-29(12-14-30)24(33)16-5-2-1-3-6-16)18-15-26-21-17(18)7-4-8-19(21)28-23(32)20-9-10-27-35-20;1-2/h1-10,15,26H,11-14H2,(H,28,32);1-2H. The number of ketones is 1. The van der Waals surface area contributed by atoms with Crippen LogP contribution in [0.25, 0.3) is 10.9 Å². The first kappa shape index (κ1) is 24.9. The Hall–Kier alpha value is -5.17. The van der Waals surface area contributed by atoms with Crippen LogP contribution >= 0.6 is 0 Å². The van der Waals surface area contributed by atoms with Crippen molar-refractivity contribution < 1.29 is 23.7 Å². The van der Waals surface area contributed by atoms with Crippen LogP contribution in [-0.4, -0.2) is 69.6 Å². The van der Waals surface area contributed by atoms with Gasteiger partial charge in [-0.1, -0.05) is 35.5 Å².